The van der Waals surface area contributed by atoms with Gasteiger partial charge in [-0.2, -0.15) is 0 Å². The molecule has 0 bridgehead atoms. The summed E-state index contributed by atoms with van der Waals surface area (Å²) in [6, 6.07) is 12.1. The highest BCUT2D eigenvalue weighted by Gasteiger charge is 2.26. The molecule has 0 radical (unpaired) electrons. The number of carbonyl (C=O) groups excluding carboxylic acids is 1. The summed E-state index contributed by atoms with van der Waals surface area (Å²) < 4.78 is 0. The van der Waals surface area contributed by atoms with Crippen molar-refractivity contribution in [2.75, 3.05) is 12.4 Å². The van der Waals surface area contributed by atoms with Crippen molar-refractivity contribution in [2.45, 2.75) is 25.3 Å². The lowest BCUT2D eigenvalue weighted by Gasteiger charge is -2.33. The first kappa shape index (κ1) is 13.6. The van der Waals surface area contributed by atoms with E-state index in [1.165, 1.54) is 11.1 Å². The SMILES string of the molecule is CN(C(=O)Nc1cccnc1)C1CCCc2ccccc21. The van der Waals surface area contributed by atoms with E-state index >= 15 is 0 Å². The fourth-order valence-corrected chi connectivity index (χ4v) is 2.92. The molecule has 1 aliphatic carbocycles. The van der Waals surface area contributed by atoms with Crippen LogP contribution in [0.15, 0.2) is 48.8 Å². The van der Waals surface area contributed by atoms with Crippen molar-refractivity contribution >= 4 is 11.7 Å². The Morgan fingerprint density at radius 2 is 2.14 bits per heavy atom. The molecule has 0 aliphatic heterocycles. The molecule has 1 aromatic heterocycles. The van der Waals surface area contributed by atoms with E-state index < -0.39 is 0 Å². The number of pyridine rings is 1. The first-order valence-corrected chi connectivity index (χ1v) is 7.27. The third-order valence-corrected chi connectivity index (χ3v) is 4.04. The normalized spacial score (nSPS) is 16.9. The molecule has 4 heteroatoms. The summed E-state index contributed by atoms with van der Waals surface area (Å²) in [5.74, 6) is 0. The molecular formula is C17H19N3O. The van der Waals surface area contributed by atoms with Gasteiger partial charge in [-0.3, -0.25) is 4.98 Å². The molecule has 0 fully saturated rings. The van der Waals surface area contributed by atoms with E-state index in [0.29, 0.717) is 0 Å². The summed E-state index contributed by atoms with van der Waals surface area (Å²) in [7, 11) is 1.86. The van der Waals surface area contributed by atoms with Gasteiger partial charge in [0.2, 0.25) is 0 Å². The van der Waals surface area contributed by atoms with Gasteiger partial charge in [-0.15, -0.1) is 0 Å². The molecule has 1 aromatic carbocycles. The smallest absolute Gasteiger partial charge is 0.321 e. The van der Waals surface area contributed by atoms with Crippen LogP contribution in [0.5, 0.6) is 0 Å². The molecule has 1 N–H and O–H groups in total. The zero-order valence-electron chi connectivity index (χ0n) is 12.1. The molecule has 0 saturated carbocycles. The minimum absolute atomic E-state index is 0.0929. The third-order valence-electron chi connectivity index (χ3n) is 4.04. The predicted octanol–water partition coefficient (Wildman–Crippen LogP) is 3.62. The molecule has 2 amide bonds. The zero-order chi connectivity index (χ0) is 14.7. The van der Waals surface area contributed by atoms with Crippen molar-refractivity contribution in [3.8, 4) is 0 Å². The summed E-state index contributed by atoms with van der Waals surface area (Å²) in [6.45, 7) is 0. The van der Waals surface area contributed by atoms with Gasteiger partial charge in [0.05, 0.1) is 17.9 Å². The summed E-state index contributed by atoms with van der Waals surface area (Å²) in [6.07, 6.45) is 6.57. The lowest BCUT2D eigenvalue weighted by molar-refractivity contribution is 0.197. The van der Waals surface area contributed by atoms with Crippen LogP contribution >= 0.6 is 0 Å². The Morgan fingerprint density at radius 3 is 2.95 bits per heavy atom. The van der Waals surface area contributed by atoms with Gasteiger partial charge in [0.25, 0.3) is 0 Å². The Hall–Kier alpha value is -2.36. The lowest BCUT2D eigenvalue weighted by atomic mass is 9.87. The van der Waals surface area contributed by atoms with Crippen LogP contribution in [0.2, 0.25) is 0 Å². The molecule has 1 aliphatic rings. The number of aryl methyl sites for hydroxylation is 1. The maximum Gasteiger partial charge on any atom is 0.322 e. The monoisotopic (exact) mass is 281 g/mol. The van der Waals surface area contributed by atoms with Gasteiger partial charge in [-0.25, -0.2) is 4.79 Å². The summed E-state index contributed by atoms with van der Waals surface area (Å²) >= 11 is 0. The van der Waals surface area contributed by atoms with E-state index in [1.807, 2.05) is 25.2 Å². The number of carbonyl (C=O) groups is 1. The van der Waals surface area contributed by atoms with Crippen LogP contribution < -0.4 is 5.32 Å². The van der Waals surface area contributed by atoms with E-state index in [0.717, 1.165) is 24.9 Å². The molecule has 2 aromatic rings. The molecule has 0 spiro atoms. The topological polar surface area (TPSA) is 45.2 Å². The van der Waals surface area contributed by atoms with Crippen LogP contribution in [-0.2, 0) is 6.42 Å². The Kier molecular flexibility index (Phi) is 3.86. The van der Waals surface area contributed by atoms with Gasteiger partial charge in [0.1, 0.15) is 0 Å². The number of aromatic nitrogens is 1. The van der Waals surface area contributed by atoms with Gasteiger partial charge in [0.15, 0.2) is 0 Å². The summed E-state index contributed by atoms with van der Waals surface area (Å²) in [4.78, 5) is 18.2. The molecule has 1 unspecified atom stereocenters. The minimum atomic E-state index is -0.0929. The van der Waals surface area contributed by atoms with Gasteiger partial charge < -0.3 is 10.2 Å². The number of amides is 2. The molecule has 21 heavy (non-hydrogen) atoms. The number of nitrogens with one attached hydrogen (secondary N) is 1. The van der Waals surface area contributed by atoms with Crippen LogP contribution in [0, 0.1) is 0 Å². The van der Waals surface area contributed by atoms with Crippen molar-refractivity contribution in [1.82, 2.24) is 9.88 Å². The molecule has 0 saturated heterocycles. The van der Waals surface area contributed by atoms with Crippen LogP contribution in [0.4, 0.5) is 10.5 Å². The maximum absolute atomic E-state index is 12.4. The van der Waals surface area contributed by atoms with Crippen LogP contribution in [0.3, 0.4) is 0 Å². The quantitative estimate of drug-likeness (QED) is 0.913. The maximum atomic E-state index is 12.4. The second kappa shape index (κ2) is 5.95. The van der Waals surface area contributed by atoms with E-state index in [2.05, 4.69) is 28.5 Å². The fourth-order valence-electron chi connectivity index (χ4n) is 2.92. The Bertz CT molecular complexity index is 627. The summed E-state index contributed by atoms with van der Waals surface area (Å²) in [5, 5.41) is 2.89. The first-order valence-electron chi connectivity index (χ1n) is 7.27. The number of hydrogen-bond acceptors (Lipinski definition) is 2. The standard InChI is InChI=1S/C17H19N3O/c1-20(17(21)19-14-8-5-11-18-12-14)16-10-4-7-13-6-2-3-9-15(13)16/h2-3,5-6,8-9,11-12,16H,4,7,10H2,1H3,(H,19,21). The van der Waals surface area contributed by atoms with E-state index in [9.17, 15) is 4.79 Å². The number of urea groups is 1. The van der Waals surface area contributed by atoms with Crippen molar-refractivity contribution < 1.29 is 4.79 Å². The number of benzene rings is 1. The number of rotatable bonds is 2. The van der Waals surface area contributed by atoms with Crippen molar-refractivity contribution in [2.24, 2.45) is 0 Å². The summed E-state index contributed by atoms with van der Waals surface area (Å²) in [5.41, 5.74) is 3.35. The van der Waals surface area contributed by atoms with Crippen molar-refractivity contribution in [1.29, 1.82) is 0 Å². The Balaban J connectivity index is 1.76. The van der Waals surface area contributed by atoms with E-state index in [1.54, 1.807) is 17.3 Å². The number of anilines is 1. The van der Waals surface area contributed by atoms with Crippen LogP contribution in [-0.4, -0.2) is 23.0 Å². The highest BCUT2D eigenvalue weighted by Crippen LogP contribution is 2.33. The highest BCUT2D eigenvalue weighted by atomic mass is 16.2. The van der Waals surface area contributed by atoms with Crippen LogP contribution in [0.25, 0.3) is 0 Å². The first-order chi connectivity index (χ1) is 10.3. The molecule has 3 rings (SSSR count). The van der Waals surface area contributed by atoms with Crippen molar-refractivity contribution in [3.63, 3.8) is 0 Å². The van der Waals surface area contributed by atoms with Crippen molar-refractivity contribution in [3.05, 3.63) is 59.9 Å². The average Bonchev–Trinajstić information content (AvgIpc) is 2.54. The fraction of sp³-hybridized carbons (Fsp3) is 0.294. The second-order valence-corrected chi connectivity index (χ2v) is 5.39. The van der Waals surface area contributed by atoms with Gasteiger partial charge in [-0.1, -0.05) is 24.3 Å². The number of fused-ring (bicyclic) bond motifs is 1. The number of nitrogens with zero attached hydrogens (tertiary/aromatic N) is 2. The van der Waals surface area contributed by atoms with Gasteiger partial charge in [0, 0.05) is 13.2 Å². The van der Waals surface area contributed by atoms with Gasteiger partial charge >= 0.3 is 6.03 Å². The Morgan fingerprint density at radius 1 is 1.29 bits per heavy atom. The largest absolute Gasteiger partial charge is 0.322 e. The molecule has 1 atom stereocenters. The average molecular weight is 281 g/mol. The Labute approximate surface area is 124 Å². The zero-order valence-corrected chi connectivity index (χ0v) is 12.1. The van der Waals surface area contributed by atoms with Gasteiger partial charge in [-0.05, 0) is 42.5 Å². The highest BCUT2D eigenvalue weighted by molar-refractivity contribution is 5.89. The minimum Gasteiger partial charge on any atom is -0.321 e. The number of hydrogen-bond donors (Lipinski definition) is 1. The predicted molar refractivity (Wildman–Crippen MR) is 83.1 cm³/mol. The third kappa shape index (κ3) is 2.89. The molecule has 4 nitrogen and oxygen atoms in total. The lowest BCUT2D eigenvalue weighted by Crippen LogP contribution is -2.36. The van der Waals surface area contributed by atoms with Crippen LogP contribution in [0.1, 0.15) is 30.0 Å². The van der Waals surface area contributed by atoms with E-state index in [-0.39, 0.29) is 12.1 Å². The van der Waals surface area contributed by atoms with E-state index in [4.69, 9.17) is 0 Å². The molecule has 1 heterocycles. The molecular weight excluding hydrogens is 262 g/mol. The molecule has 108 valence electrons. The second-order valence-electron chi connectivity index (χ2n) is 5.39.